The number of nitrogens with one attached hydrogen (secondary N) is 3. The van der Waals surface area contributed by atoms with Gasteiger partial charge in [-0.1, -0.05) is 6.42 Å². The Kier molecular flexibility index (Phi) is 33.8. The third-order valence-corrected chi connectivity index (χ3v) is 11.0. The molecule has 1 aromatic rings. The van der Waals surface area contributed by atoms with Crippen molar-refractivity contribution in [3.8, 4) is 5.75 Å². The average molecular weight is 992 g/mol. The van der Waals surface area contributed by atoms with Gasteiger partial charge in [0.2, 0.25) is 23.3 Å². The quantitative estimate of drug-likeness (QED) is 0.0214. The fraction of sp³-hybridized carbons (Fsp3) is 0.791. The molecule has 0 saturated carbocycles. The topological polar surface area (TPSA) is 207 Å². The highest BCUT2D eigenvalue weighted by atomic mass is 32.2. The van der Waals surface area contributed by atoms with Gasteiger partial charge in [0.05, 0.1) is 177 Å². The molecule has 1 aromatic carbocycles. The summed E-state index contributed by atoms with van der Waals surface area (Å²) < 4.78 is 123. The molecule has 2 heterocycles. The average Bonchev–Trinajstić information content (AvgIpc) is 3.88. The van der Waals surface area contributed by atoms with Crippen molar-refractivity contribution in [2.75, 3.05) is 171 Å². The number of hydrogen-bond donors (Lipinski definition) is 3. The summed E-state index contributed by atoms with van der Waals surface area (Å²) in [6.45, 7) is 9.49. The summed E-state index contributed by atoms with van der Waals surface area (Å²) in [7, 11) is 0. The van der Waals surface area contributed by atoms with Crippen molar-refractivity contribution in [3.05, 3.63) is 29.3 Å². The second-order valence-corrected chi connectivity index (χ2v) is 15.9. The van der Waals surface area contributed by atoms with Crippen LogP contribution in [0.2, 0.25) is 0 Å². The molecule has 2 saturated heterocycles. The summed E-state index contributed by atoms with van der Waals surface area (Å²) in [5.74, 6) is -8.53. The van der Waals surface area contributed by atoms with Gasteiger partial charge < -0.3 is 77.5 Å². The second kappa shape index (κ2) is 38.8. The van der Waals surface area contributed by atoms with Crippen LogP contribution in [0.25, 0.3) is 0 Å². The highest BCUT2D eigenvalue weighted by molar-refractivity contribution is 8.00. The van der Waals surface area contributed by atoms with Crippen LogP contribution in [0.1, 0.15) is 32.1 Å². The number of esters is 1. The van der Waals surface area contributed by atoms with Gasteiger partial charge in [0.25, 0.3) is 0 Å². The van der Waals surface area contributed by atoms with Crippen LogP contribution in [0, 0.1) is 23.3 Å². The van der Waals surface area contributed by atoms with Crippen LogP contribution in [-0.4, -0.2) is 206 Å². The molecule has 0 aliphatic carbocycles. The SMILES string of the molecule is O=C(CCCC[C@@H]1SC[C@H]2NC(=O)N[C@@H]12)NCCOCCOCCOCCOCCOCCOCCOCCOCCOCCOCCOCCOCCC(=O)Oc1c(F)c(F)cc(F)c1F. The number of amides is 3. The van der Waals surface area contributed by atoms with Gasteiger partial charge in [-0.3, -0.25) is 9.59 Å². The maximum atomic E-state index is 13.6. The molecular weight excluding hydrogens is 923 g/mol. The van der Waals surface area contributed by atoms with Gasteiger partial charge >= 0.3 is 12.0 Å². The minimum atomic E-state index is -1.80. The molecule has 0 spiro atoms. The normalized spacial score (nSPS) is 16.6. The number of fused-ring (bicyclic) bond motifs is 1. The number of rotatable bonds is 45. The Bertz CT molecular complexity index is 1460. The zero-order valence-electron chi connectivity index (χ0n) is 38.2. The number of benzene rings is 1. The molecule has 3 amide bonds. The van der Waals surface area contributed by atoms with Crippen LogP contribution in [0.15, 0.2) is 6.07 Å². The lowest BCUT2D eigenvalue weighted by Crippen LogP contribution is -2.36. The molecule has 2 fully saturated rings. The first-order chi connectivity index (χ1) is 32.8. The van der Waals surface area contributed by atoms with Gasteiger partial charge in [0, 0.05) is 30.0 Å². The number of ether oxygens (including phenoxy) is 13. The number of hydrogen-bond acceptors (Lipinski definition) is 17. The maximum absolute atomic E-state index is 13.6. The molecule has 3 atom stereocenters. The van der Waals surface area contributed by atoms with Crippen LogP contribution >= 0.6 is 11.8 Å². The lowest BCUT2D eigenvalue weighted by Gasteiger charge is -2.16. The van der Waals surface area contributed by atoms with E-state index in [1.807, 2.05) is 11.8 Å². The first kappa shape index (κ1) is 58.3. The van der Waals surface area contributed by atoms with E-state index in [4.69, 9.17) is 56.8 Å². The van der Waals surface area contributed by atoms with Crippen molar-refractivity contribution in [3.63, 3.8) is 0 Å². The molecule has 67 heavy (non-hydrogen) atoms. The highest BCUT2D eigenvalue weighted by Gasteiger charge is 2.42. The molecule has 3 rings (SSSR count). The van der Waals surface area contributed by atoms with Gasteiger partial charge in [-0.2, -0.15) is 20.5 Å². The molecule has 19 nitrogen and oxygen atoms in total. The largest absolute Gasteiger partial charge is 0.420 e. The molecule has 24 heteroatoms. The zero-order valence-corrected chi connectivity index (χ0v) is 39.0. The predicted molar refractivity (Wildman–Crippen MR) is 233 cm³/mol. The van der Waals surface area contributed by atoms with Crippen LogP contribution in [0.4, 0.5) is 22.4 Å². The summed E-state index contributed by atoms with van der Waals surface area (Å²) in [5, 5.41) is 9.25. The smallest absolute Gasteiger partial charge is 0.315 e. The third-order valence-electron chi connectivity index (χ3n) is 9.48. The van der Waals surface area contributed by atoms with Crippen molar-refractivity contribution < 1.29 is 93.5 Å². The predicted octanol–water partition coefficient (Wildman–Crippen LogP) is 2.58. The van der Waals surface area contributed by atoms with Crippen molar-refractivity contribution >= 4 is 29.7 Å². The number of carbonyl (C=O) groups is 3. The van der Waals surface area contributed by atoms with Crippen molar-refractivity contribution in [2.24, 2.45) is 0 Å². The van der Waals surface area contributed by atoms with Crippen LogP contribution in [0.3, 0.4) is 0 Å². The molecule has 2 aliphatic heterocycles. The Hall–Kier alpha value is -2.98. The van der Waals surface area contributed by atoms with Gasteiger partial charge in [0.15, 0.2) is 11.6 Å². The van der Waals surface area contributed by atoms with E-state index in [2.05, 4.69) is 20.7 Å². The Morgan fingerprint density at radius 1 is 0.537 bits per heavy atom. The number of halogens is 4. The number of unbranched alkanes of at least 4 members (excludes halogenated alkanes) is 1. The van der Waals surface area contributed by atoms with Crippen molar-refractivity contribution in [1.82, 2.24) is 16.0 Å². The molecule has 0 bridgehead atoms. The van der Waals surface area contributed by atoms with Crippen LogP contribution in [-0.2, 0) is 66.4 Å². The summed E-state index contributed by atoms with van der Waals surface area (Å²) in [4.78, 5) is 35.2. The minimum Gasteiger partial charge on any atom is -0.420 e. The van der Waals surface area contributed by atoms with Gasteiger partial charge in [-0.05, 0) is 12.8 Å². The first-order valence-corrected chi connectivity index (χ1v) is 23.7. The fourth-order valence-corrected chi connectivity index (χ4v) is 7.65. The Morgan fingerprint density at radius 3 is 1.34 bits per heavy atom. The van der Waals surface area contributed by atoms with E-state index >= 15 is 0 Å². The second-order valence-electron chi connectivity index (χ2n) is 14.6. The molecule has 0 radical (unpaired) electrons. The summed E-state index contributed by atoms with van der Waals surface area (Å²) in [6, 6.07) is 0.384. The molecule has 3 N–H and O–H groups in total. The van der Waals surface area contributed by atoms with Gasteiger partial charge in [0.1, 0.15) is 0 Å². The van der Waals surface area contributed by atoms with E-state index < -0.39 is 41.4 Å². The summed E-state index contributed by atoms with van der Waals surface area (Å²) in [6.07, 6.45) is 2.88. The van der Waals surface area contributed by atoms with E-state index in [9.17, 15) is 31.9 Å². The van der Waals surface area contributed by atoms with Gasteiger partial charge in [-0.25, -0.2) is 13.6 Å². The minimum absolute atomic E-state index is 0.0161. The Labute approximate surface area is 393 Å². The molecular formula is C43H69F4N3O16S. The Balaban J connectivity index is 0.896. The van der Waals surface area contributed by atoms with Crippen molar-refractivity contribution in [1.29, 1.82) is 0 Å². The van der Waals surface area contributed by atoms with Crippen LogP contribution < -0.4 is 20.7 Å². The van der Waals surface area contributed by atoms with Crippen LogP contribution in [0.5, 0.6) is 5.75 Å². The lowest BCUT2D eigenvalue weighted by atomic mass is 10.0. The monoisotopic (exact) mass is 991 g/mol. The lowest BCUT2D eigenvalue weighted by molar-refractivity contribution is -0.136. The van der Waals surface area contributed by atoms with E-state index in [1.54, 1.807) is 0 Å². The molecule has 0 unspecified atom stereocenters. The summed E-state index contributed by atoms with van der Waals surface area (Å²) in [5.41, 5.74) is 0. The zero-order chi connectivity index (χ0) is 48.0. The number of carbonyl (C=O) groups excluding carboxylic acids is 3. The number of thioether (sulfide) groups is 1. The molecule has 386 valence electrons. The fourth-order valence-electron chi connectivity index (χ4n) is 6.11. The maximum Gasteiger partial charge on any atom is 0.315 e. The van der Waals surface area contributed by atoms with E-state index in [1.165, 1.54) is 0 Å². The van der Waals surface area contributed by atoms with Crippen molar-refractivity contribution in [2.45, 2.75) is 49.4 Å². The molecule has 2 aliphatic rings. The first-order valence-electron chi connectivity index (χ1n) is 22.7. The van der Waals surface area contributed by atoms with E-state index in [-0.39, 0.29) is 49.9 Å². The Morgan fingerprint density at radius 2 is 0.925 bits per heavy atom. The van der Waals surface area contributed by atoms with E-state index in [0.717, 1.165) is 25.0 Å². The highest BCUT2D eigenvalue weighted by Crippen LogP contribution is 2.33. The van der Waals surface area contributed by atoms with E-state index in [0.29, 0.717) is 157 Å². The summed E-state index contributed by atoms with van der Waals surface area (Å²) >= 11 is 1.89. The van der Waals surface area contributed by atoms with Gasteiger partial charge in [-0.15, -0.1) is 0 Å². The molecule has 0 aromatic heterocycles. The third kappa shape index (κ3) is 28.3. The standard InChI is InChI=1S/C43H69F4N3O16S/c44-33-31-34(45)40(47)42(39(33)46)66-38(52)5-7-54-9-11-56-13-15-58-17-19-60-21-23-62-25-27-64-29-30-65-28-26-63-24-22-61-20-18-59-16-14-57-12-10-55-8-6-48-37(51)4-2-1-3-36-41-35(32-67-36)49-43(53)50-41/h31,35-36,41H,1-30,32H2,(H,48,51)(H2,49,50,53)/t35-,36+,41-/m1/s1. The number of urea groups is 1.